The van der Waals surface area contributed by atoms with Crippen LogP contribution in [0.2, 0.25) is 0 Å². The maximum absolute atomic E-state index is 14.6. The molecule has 228 valence electrons. The van der Waals surface area contributed by atoms with E-state index in [2.05, 4.69) is 56.0 Å². The second-order valence-corrected chi connectivity index (χ2v) is 13.3. The molecule has 0 saturated carbocycles. The highest BCUT2D eigenvalue weighted by Crippen LogP contribution is 2.61. The van der Waals surface area contributed by atoms with E-state index in [1.807, 2.05) is 28.0 Å². The summed E-state index contributed by atoms with van der Waals surface area (Å²) in [5, 5.41) is 9.07. The largest absolute Gasteiger partial charge is 0.396 e. The Hall–Kier alpha value is -2.78. The van der Waals surface area contributed by atoms with Crippen LogP contribution in [0.1, 0.15) is 52.9 Å². The first-order chi connectivity index (χ1) is 20.4. The molecule has 5 atom stereocenters. The van der Waals surface area contributed by atoms with E-state index in [-0.39, 0.29) is 29.6 Å². The monoisotopic (exact) mass is 594 g/mol. The molecule has 2 fully saturated rings. The number of thioether (sulfide) groups is 1. The minimum atomic E-state index is -0.792. The van der Waals surface area contributed by atoms with Gasteiger partial charge in [-0.15, -0.1) is 11.8 Å². The molecule has 8 nitrogen and oxygen atoms in total. The van der Waals surface area contributed by atoms with Crippen molar-refractivity contribution in [1.82, 2.24) is 9.80 Å². The number of amides is 3. The molecule has 1 aromatic rings. The summed E-state index contributed by atoms with van der Waals surface area (Å²) in [6.45, 7) is 10.4. The smallest absolute Gasteiger partial charge is 0.251 e. The van der Waals surface area contributed by atoms with Crippen LogP contribution in [0.4, 0.5) is 11.4 Å². The first kappa shape index (κ1) is 30.7. The van der Waals surface area contributed by atoms with E-state index in [1.54, 1.807) is 16.7 Å². The standard InChI is InChI=1S/C33H46N4O4S/c1-4-19-35-20-11-13-26-27(30(35)39)28-31(40)37(21-9-7-8-10-23-38)29-32(41)36(22-12-18-33(28,29)42-26)25-16-14-24(15-17-25)34(5-2)6-3/h11-18,26-29,38H,4-10,19-23H2,1-3H3/t26-,27+,28-,29?,33-/m0/s1. The maximum Gasteiger partial charge on any atom is 0.251 e. The minimum Gasteiger partial charge on any atom is -0.396 e. The Morgan fingerprint density at radius 2 is 1.64 bits per heavy atom. The number of unbranched alkanes of at least 4 members (excludes halogenated alkanes) is 3. The summed E-state index contributed by atoms with van der Waals surface area (Å²) in [6.07, 6.45) is 12.4. The van der Waals surface area contributed by atoms with E-state index < -0.39 is 22.6 Å². The van der Waals surface area contributed by atoms with Gasteiger partial charge in [-0.3, -0.25) is 14.4 Å². The summed E-state index contributed by atoms with van der Waals surface area (Å²) in [7, 11) is 0. The summed E-state index contributed by atoms with van der Waals surface area (Å²) in [4.78, 5) is 50.8. The zero-order valence-electron chi connectivity index (χ0n) is 25.3. The molecule has 4 aliphatic heterocycles. The summed E-state index contributed by atoms with van der Waals surface area (Å²) in [5.74, 6) is -1.17. The highest BCUT2D eigenvalue weighted by molar-refractivity contribution is 8.02. The molecule has 2 saturated heterocycles. The number of aliphatic hydroxyl groups excluding tert-OH is 1. The molecule has 9 heteroatoms. The van der Waals surface area contributed by atoms with Gasteiger partial charge in [-0.2, -0.15) is 0 Å². The molecule has 42 heavy (non-hydrogen) atoms. The van der Waals surface area contributed by atoms with Gasteiger partial charge in [0.2, 0.25) is 11.8 Å². The molecule has 0 radical (unpaired) electrons. The molecule has 1 unspecified atom stereocenters. The molecule has 3 amide bonds. The van der Waals surface area contributed by atoms with Crippen molar-refractivity contribution in [3.05, 3.63) is 48.6 Å². The van der Waals surface area contributed by atoms with Crippen LogP contribution >= 0.6 is 11.8 Å². The van der Waals surface area contributed by atoms with Crippen molar-refractivity contribution in [3.63, 3.8) is 0 Å². The average Bonchev–Trinajstić information content (AvgIpc) is 3.31. The van der Waals surface area contributed by atoms with Gasteiger partial charge in [-0.1, -0.05) is 44.1 Å². The minimum absolute atomic E-state index is 0.0343. The van der Waals surface area contributed by atoms with E-state index >= 15 is 0 Å². The number of carbonyl (C=O) groups is 3. The second-order valence-electron chi connectivity index (χ2n) is 11.8. The number of fused-ring (bicyclic) bond motifs is 2. The zero-order chi connectivity index (χ0) is 29.9. The molecule has 0 aromatic heterocycles. The van der Waals surface area contributed by atoms with Crippen LogP contribution in [0, 0.1) is 11.8 Å². The van der Waals surface area contributed by atoms with Crippen molar-refractivity contribution in [1.29, 1.82) is 0 Å². The van der Waals surface area contributed by atoms with Crippen LogP contribution in [0.5, 0.6) is 0 Å². The second kappa shape index (κ2) is 13.2. The molecule has 1 N–H and O–H groups in total. The number of hydrogen-bond donors (Lipinski definition) is 1. The Bertz CT molecular complexity index is 1200. The maximum atomic E-state index is 14.6. The molecule has 0 aliphatic carbocycles. The first-order valence-corrected chi connectivity index (χ1v) is 16.7. The van der Waals surface area contributed by atoms with Crippen molar-refractivity contribution >= 4 is 40.9 Å². The Labute approximate surface area is 254 Å². The molecular formula is C33H46N4O4S. The highest BCUT2D eigenvalue weighted by Gasteiger charge is 2.70. The van der Waals surface area contributed by atoms with Crippen molar-refractivity contribution in [2.45, 2.75) is 68.9 Å². The fourth-order valence-corrected chi connectivity index (χ4v) is 9.32. The van der Waals surface area contributed by atoms with Gasteiger partial charge in [-0.05, 0) is 57.4 Å². The van der Waals surface area contributed by atoms with Crippen LogP contribution in [0.25, 0.3) is 0 Å². The van der Waals surface area contributed by atoms with Gasteiger partial charge in [-0.25, -0.2) is 0 Å². The molecule has 0 bridgehead atoms. The normalized spacial score (nSPS) is 28.6. The zero-order valence-corrected chi connectivity index (χ0v) is 26.1. The van der Waals surface area contributed by atoms with Gasteiger partial charge < -0.3 is 24.7 Å². The van der Waals surface area contributed by atoms with Crippen LogP contribution in [0.3, 0.4) is 0 Å². The van der Waals surface area contributed by atoms with E-state index in [0.29, 0.717) is 26.2 Å². The van der Waals surface area contributed by atoms with Gasteiger partial charge in [0.25, 0.3) is 5.91 Å². The number of aliphatic hydroxyl groups is 1. The summed E-state index contributed by atoms with van der Waals surface area (Å²) in [5.41, 5.74) is 1.94. The van der Waals surface area contributed by atoms with E-state index in [9.17, 15) is 19.5 Å². The van der Waals surface area contributed by atoms with E-state index in [1.165, 1.54) is 0 Å². The molecule has 5 rings (SSSR count). The molecule has 1 spiro atoms. The summed E-state index contributed by atoms with van der Waals surface area (Å²) in [6, 6.07) is 7.47. The quantitative estimate of drug-likeness (QED) is 0.290. The lowest BCUT2D eigenvalue weighted by Gasteiger charge is -2.35. The Morgan fingerprint density at radius 1 is 0.905 bits per heavy atom. The number of likely N-dealkylation sites (tertiary alicyclic amines) is 1. The lowest BCUT2D eigenvalue weighted by molar-refractivity contribution is -0.142. The van der Waals surface area contributed by atoms with Gasteiger partial charge >= 0.3 is 0 Å². The van der Waals surface area contributed by atoms with Crippen LogP contribution < -0.4 is 9.80 Å². The lowest BCUT2D eigenvalue weighted by Crippen LogP contribution is -2.53. The number of anilines is 2. The van der Waals surface area contributed by atoms with Crippen LogP contribution in [-0.2, 0) is 14.4 Å². The van der Waals surface area contributed by atoms with Crippen molar-refractivity contribution in [2.24, 2.45) is 11.8 Å². The Balaban J connectivity index is 1.50. The van der Waals surface area contributed by atoms with Gasteiger partial charge in [0, 0.05) is 62.5 Å². The lowest BCUT2D eigenvalue weighted by atomic mass is 9.78. The summed E-state index contributed by atoms with van der Waals surface area (Å²) < 4.78 is -0.792. The number of benzene rings is 1. The fourth-order valence-electron chi connectivity index (χ4n) is 7.31. The van der Waals surface area contributed by atoms with Gasteiger partial charge in [0.15, 0.2) is 0 Å². The van der Waals surface area contributed by atoms with E-state index in [0.717, 1.165) is 56.6 Å². The first-order valence-electron chi connectivity index (χ1n) is 15.8. The molecule has 4 heterocycles. The molecule has 4 aliphatic rings. The van der Waals surface area contributed by atoms with Crippen LogP contribution in [-0.4, -0.2) is 94.5 Å². The van der Waals surface area contributed by atoms with Crippen molar-refractivity contribution < 1.29 is 19.5 Å². The topological polar surface area (TPSA) is 84.4 Å². The third-order valence-electron chi connectivity index (χ3n) is 9.33. The van der Waals surface area contributed by atoms with Crippen molar-refractivity contribution in [2.75, 3.05) is 55.7 Å². The van der Waals surface area contributed by atoms with Crippen LogP contribution in [0.15, 0.2) is 48.6 Å². The fraction of sp³-hybridized carbons (Fsp3) is 0.606. The predicted molar refractivity (Wildman–Crippen MR) is 170 cm³/mol. The number of rotatable bonds is 12. The molecule has 1 aromatic carbocycles. The third-order valence-corrected chi connectivity index (χ3v) is 11.1. The Kier molecular flexibility index (Phi) is 9.67. The SMILES string of the molecule is CCCN1CC=C[C@@H]2S[C@]34C=CCN(c5ccc(N(CC)CC)cc5)C(=O)C3N(CCCCCCO)C(=O)[C@@H]4[C@@H]2C1=O. The number of hydrogen-bond acceptors (Lipinski definition) is 6. The Morgan fingerprint density at radius 3 is 2.33 bits per heavy atom. The average molecular weight is 595 g/mol. The number of carbonyl (C=O) groups excluding carboxylic acids is 3. The van der Waals surface area contributed by atoms with Gasteiger partial charge in [0.1, 0.15) is 6.04 Å². The van der Waals surface area contributed by atoms with Crippen molar-refractivity contribution in [3.8, 4) is 0 Å². The highest BCUT2D eigenvalue weighted by atomic mass is 32.2. The van der Waals surface area contributed by atoms with E-state index in [4.69, 9.17) is 0 Å². The third kappa shape index (κ3) is 5.39. The van der Waals surface area contributed by atoms with Gasteiger partial charge in [0.05, 0.1) is 16.6 Å². The molecular weight excluding hydrogens is 548 g/mol. The predicted octanol–water partition coefficient (Wildman–Crippen LogP) is 4.09. The number of nitrogens with zero attached hydrogens (tertiary/aromatic N) is 4. The summed E-state index contributed by atoms with van der Waals surface area (Å²) >= 11 is 1.64.